The fourth-order valence-corrected chi connectivity index (χ4v) is 1.51. The van der Waals surface area contributed by atoms with E-state index < -0.39 is 18.2 Å². The van der Waals surface area contributed by atoms with Gasteiger partial charge < -0.3 is 25.0 Å². The lowest BCUT2D eigenvalue weighted by molar-refractivity contribution is -0.142. The van der Waals surface area contributed by atoms with Crippen LogP contribution in [0.1, 0.15) is 11.7 Å². The first-order chi connectivity index (χ1) is 9.08. The number of ether oxygens (including phenoxy) is 2. The molecule has 0 bridgehead atoms. The second kappa shape index (κ2) is 7.73. The summed E-state index contributed by atoms with van der Waals surface area (Å²) in [6.45, 7) is 0.128. The molecule has 0 aliphatic rings. The smallest absolute Gasteiger partial charge is 0.343 e. The molecule has 0 aromatic heterocycles. The van der Waals surface area contributed by atoms with E-state index in [1.54, 1.807) is 31.3 Å². The lowest BCUT2D eigenvalue weighted by atomic mass is 10.0. The maximum Gasteiger partial charge on any atom is 0.343 e. The molecule has 6 nitrogen and oxygen atoms in total. The summed E-state index contributed by atoms with van der Waals surface area (Å²) < 4.78 is 9.62. The van der Waals surface area contributed by atoms with E-state index in [1.807, 2.05) is 0 Å². The lowest BCUT2D eigenvalue weighted by Gasteiger charge is -2.18. The van der Waals surface area contributed by atoms with Crippen LogP contribution in [0, 0.1) is 0 Å². The molecule has 2 unspecified atom stereocenters. The molecular weight excluding hydrogens is 250 g/mol. The van der Waals surface area contributed by atoms with Crippen molar-refractivity contribution in [3.63, 3.8) is 0 Å². The summed E-state index contributed by atoms with van der Waals surface area (Å²) in [6, 6.07) is 6.51. The second-order valence-corrected chi connectivity index (χ2v) is 4.00. The van der Waals surface area contributed by atoms with Crippen LogP contribution in [0.15, 0.2) is 24.3 Å². The predicted molar refractivity (Wildman–Crippen MR) is 68.8 cm³/mol. The van der Waals surface area contributed by atoms with Gasteiger partial charge in [-0.05, 0) is 24.7 Å². The summed E-state index contributed by atoms with van der Waals surface area (Å²) in [4.78, 5) is 10.9. The monoisotopic (exact) mass is 269 g/mol. The number of hydrogen-bond donors (Lipinski definition) is 3. The lowest BCUT2D eigenvalue weighted by Crippen LogP contribution is -2.29. The van der Waals surface area contributed by atoms with Gasteiger partial charge in [0.1, 0.15) is 11.9 Å². The molecule has 3 N–H and O–H groups in total. The highest BCUT2D eigenvalue weighted by molar-refractivity contribution is 5.70. The normalized spacial score (nSPS) is 13.7. The number of aliphatic hydroxyl groups is 2. The Morgan fingerprint density at radius 1 is 1.32 bits per heavy atom. The Morgan fingerprint density at radius 3 is 2.47 bits per heavy atom. The van der Waals surface area contributed by atoms with Gasteiger partial charge in [0.25, 0.3) is 0 Å². The number of esters is 1. The number of aliphatic hydroxyl groups excluding tert-OH is 2. The summed E-state index contributed by atoms with van der Waals surface area (Å²) in [5.41, 5.74) is 0.577. The third-order valence-corrected chi connectivity index (χ3v) is 2.58. The molecule has 19 heavy (non-hydrogen) atoms. The number of likely N-dealkylation sites (N-methyl/N-ethyl adjacent to an activating group) is 1. The summed E-state index contributed by atoms with van der Waals surface area (Å²) in [6.07, 6.45) is -1.85. The maximum atomic E-state index is 10.9. The van der Waals surface area contributed by atoms with Gasteiger partial charge in [0.2, 0.25) is 0 Å². The largest absolute Gasteiger partial charge is 0.482 e. The van der Waals surface area contributed by atoms with Gasteiger partial charge in [-0.2, -0.15) is 0 Å². The van der Waals surface area contributed by atoms with Crippen LogP contribution in [0.2, 0.25) is 0 Å². The summed E-state index contributed by atoms with van der Waals surface area (Å²) >= 11 is 0. The molecule has 0 spiro atoms. The molecular formula is C13H19NO5. The first-order valence-electron chi connectivity index (χ1n) is 5.88. The fourth-order valence-electron chi connectivity index (χ4n) is 1.51. The Bertz CT molecular complexity index is 393. The van der Waals surface area contributed by atoms with E-state index in [0.717, 1.165) is 0 Å². The number of carbonyl (C=O) groups is 1. The molecule has 0 aliphatic carbocycles. The minimum absolute atomic E-state index is 0.166. The Morgan fingerprint density at radius 2 is 1.95 bits per heavy atom. The zero-order valence-electron chi connectivity index (χ0n) is 11.0. The third-order valence-electron chi connectivity index (χ3n) is 2.58. The van der Waals surface area contributed by atoms with Crippen molar-refractivity contribution in [1.82, 2.24) is 5.32 Å². The Hall–Kier alpha value is -1.63. The van der Waals surface area contributed by atoms with Crippen molar-refractivity contribution < 1.29 is 24.5 Å². The van der Waals surface area contributed by atoms with Crippen molar-refractivity contribution in [2.75, 3.05) is 27.3 Å². The van der Waals surface area contributed by atoms with Crippen LogP contribution in [0.4, 0.5) is 0 Å². The van der Waals surface area contributed by atoms with Crippen LogP contribution in [-0.2, 0) is 9.53 Å². The maximum absolute atomic E-state index is 10.9. The topological polar surface area (TPSA) is 88.0 Å². The average molecular weight is 269 g/mol. The van der Waals surface area contributed by atoms with Crippen molar-refractivity contribution >= 4 is 5.97 Å². The van der Waals surface area contributed by atoms with Crippen LogP contribution in [0.3, 0.4) is 0 Å². The molecule has 1 aromatic carbocycles. The molecule has 0 saturated carbocycles. The standard InChI is InChI=1S/C13H19NO5/c1-14-7-11(15)13(17)9-3-5-10(6-4-9)19-8-12(16)18-2/h3-6,11,13-15,17H,7-8H2,1-2H3. The minimum atomic E-state index is -0.970. The van der Waals surface area contributed by atoms with Crippen LogP contribution < -0.4 is 10.1 Å². The first kappa shape index (κ1) is 15.4. The van der Waals surface area contributed by atoms with Gasteiger partial charge in [-0.15, -0.1) is 0 Å². The fraction of sp³-hybridized carbons (Fsp3) is 0.462. The SMILES string of the molecule is CNCC(O)C(O)c1ccc(OCC(=O)OC)cc1. The number of methoxy groups -OCH3 is 1. The summed E-state index contributed by atoms with van der Waals surface area (Å²) in [5, 5.41) is 22.3. The third kappa shape index (κ3) is 4.86. The van der Waals surface area contributed by atoms with Crippen LogP contribution in [-0.4, -0.2) is 49.6 Å². The number of rotatable bonds is 7. The van der Waals surface area contributed by atoms with E-state index >= 15 is 0 Å². The zero-order chi connectivity index (χ0) is 14.3. The Labute approximate surface area is 112 Å². The van der Waals surface area contributed by atoms with E-state index in [2.05, 4.69) is 10.1 Å². The Balaban J connectivity index is 2.58. The van der Waals surface area contributed by atoms with Gasteiger partial charge in [0, 0.05) is 6.54 Å². The van der Waals surface area contributed by atoms with E-state index in [-0.39, 0.29) is 6.61 Å². The van der Waals surface area contributed by atoms with Gasteiger partial charge in [0.05, 0.1) is 13.2 Å². The molecule has 0 aliphatic heterocycles. The molecule has 0 amide bonds. The van der Waals surface area contributed by atoms with Gasteiger partial charge in [-0.25, -0.2) is 4.79 Å². The van der Waals surface area contributed by atoms with Gasteiger partial charge >= 0.3 is 5.97 Å². The molecule has 0 heterocycles. The minimum Gasteiger partial charge on any atom is -0.482 e. The highest BCUT2D eigenvalue weighted by Crippen LogP contribution is 2.20. The molecule has 0 saturated heterocycles. The van der Waals surface area contributed by atoms with Gasteiger partial charge in [-0.1, -0.05) is 12.1 Å². The second-order valence-electron chi connectivity index (χ2n) is 4.00. The van der Waals surface area contributed by atoms with Crippen molar-refractivity contribution in [2.24, 2.45) is 0 Å². The van der Waals surface area contributed by atoms with Crippen molar-refractivity contribution in [3.05, 3.63) is 29.8 Å². The molecule has 0 radical (unpaired) electrons. The number of carbonyl (C=O) groups excluding carboxylic acids is 1. The molecule has 2 atom stereocenters. The van der Waals surface area contributed by atoms with Crippen molar-refractivity contribution in [2.45, 2.75) is 12.2 Å². The van der Waals surface area contributed by atoms with E-state index in [0.29, 0.717) is 17.9 Å². The number of benzene rings is 1. The molecule has 6 heteroatoms. The molecule has 0 fully saturated rings. The molecule has 1 aromatic rings. The summed E-state index contributed by atoms with van der Waals surface area (Å²) in [5.74, 6) is 0.0259. The first-order valence-corrected chi connectivity index (χ1v) is 5.88. The van der Waals surface area contributed by atoms with Crippen molar-refractivity contribution in [1.29, 1.82) is 0 Å². The quantitative estimate of drug-likeness (QED) is 0.597. The Kier molecular flexibility index (Phi) is 6.27. The van der Waals surface area contributed by atoms with Crippen LogP contribution >= 0.6 is 0 Å². The highest BCUT2D eigenvalue weighted by atomic mass is 16.6. The van der Waals surface area contributed by atoms with E-state index in [9.17, 15) is 15.0 Å². The predicted octanol–water partition coefficient (Wildman–Crippen LogP) is -0.148. The van der Waals surface area contributed by atoms with Crippen LogP contribution in [0.25, 0.3) is 0 Å². The van der Waals surface area contributed by atoms with Crippen molar-refractivity contribution in [3.8, 4) is 5.75 Å². The number of hydrogen-bond acceptors (Lipinski definition) is 6. The van der Waals surface area contributed by atoms with E-state index in [4.69, 9.17) is 4.74 Å². The van der Waals surface area contributed by atoms with Crippen LogP contribution in [0.5, 0.6) is 5.75 Å². The average Bonchev–Trinajstić information content (AvgIpc) is 2.44. The highest BCUT2D eigenvalue weighted by Gasteiger charge is 2.17. The molecule has 106 valence electrons. The van der Waals surface area contributed by atoms with Gasteiger partial charge in [-0.3, -0.25) is 0 Å². The summed E-state index contributed by atoms with van der Waals surface area (Å²) in [7, 11) is 2.98. The van der Waals surface area contributed by atoms with E-state index in [1.165, 1.54) is 7.11 Å². The number of nitrogens with one attached hydrogen (secondary N) is 1. The zero-order valence-corrected chi connectivity index (χ0v) is 11.0. The molecule has 1 rings (SSSR count). The van der Waals surface area contributed by atoms with Gasteiger partial charge in [0.15, 0.2) is 6.61 Å².